The van der Waals surface area contributed by atoms with Crippen molar-refractivity contribution in [3.8, 4) is 0 Å². The van der Waals surface area contributed by atoms with Crippen molar-refractivity contribution in [3.05, 3.63) is 71.9 Å². The van der Waals surface area contributed by atoms with Crippen molar-refractivity contribution in [1.29, 1.82) is 0 Å². The number of carbonyl (C=O) groups is 1. The zero-order chi connectivity index (χ0) is 20.1. The van der Waals surface area contributed by atoms with Crippen LogP contribution in [0.3, 0.4) is 0 Å². The topological polar surface area (TPSA) is 42.4 Å². The highest BCUT2D eigenvalue weighted by Gasteiger charge is 2.33. The molecule has 0 spiro atoms. The summed E-state index contributed by atoms with van der Waals surface area (Å²) in [6.45, 7) is 0.325. The number of hydrogen-bond donors (Lipinski definition) is 0. The third kappa shape index (κ3) is 4.79. The van der Waals surface area contributed by atoms with Gasteiger partial charge >= 0.3 is 12.1 Å². The number of nitrogens with zero attached hydrogens (tertiary/aromatic N) is 2. The molecule has 0 atom stereocenters. The molecule has 0 aliphatic carbocycles. The van der Waals surface area contributed by atoms with E-state index in [1.807, 2.05) is 30.3 Å². The van der Waals surface area contributed by atoms with Crippen molar-refractivity contribution < 1.29 is 22.7 Å². The molecule has 7 heteroatoms. The summed E-state index contributed by atoms with van der Waals surface area (Å²) in [6, 6.07) is 16.9. The summed E-state index contributed by atoms with van der Waals surface area (Å²) >= 11 is 0. The average molecular weight is 388 g/mol. The molecule has 0 amide bonds. The Morgan fingerprint density at radius 3 is 2.46 bits per heavy atom. The largest absolute Gasteiger partial charge is 0.464 e. The maximum atomic E-state index is 13.2. The minimum Gasteiger partial charge on any atom is -0.464 e. The standard InChI is InChI=1S/C21H19F3N2O2/c1-26(11-12-28-20(27)13-15-7-3-2-4-8-15)18-14-19(21(22,23)24)25-17-10-6-5-9-16(17)18/h2-10,14H,11-13H2,1H3. The van der Waals surface area contributed by atoms with Gasteiger partial charge in [-0.05, 0) is 17.7 Å². The number of anilines is 1. The van der Waals surface area contributed by atoms with Gasteiger partial charge in [0.2, 0.25) is 0 Å². The van der Waals surface area contributed by atoms with Gasteiger partial charge in [0.25, 0.3) is 0 Å². The molecule has 3 rings (SSSR count). The van der Waals surface area contributed by atoms with E-state index in [2.05, 4.69) is 4.98 Å². The Kier molecular flexibility index (Phi) is 5.82. The van der Waals surface area contributed by atoms with Gasteiger partial charge < -0.3 is 9.64 Å². The lowest BCUT2D eigenvalue weighted by Gasteiger charge is -2.22. The first-order valence-electron chi connectivity index (χ1n) is 8.72. The fraction of sp³-hybridized carbons (Fsp3) is 0.238. The number of para-hydroxylation sites is 1. The Balaban J connectivity index is 1.69. The van der Waals surface area contributed by atoms with E-state index in [1.165, 1.54) is 0 Å². The van der Waals surface area contributed by atoms with Crippen LogP contribution in [-0.4, -0.2) is 31.2 Å². The molecule has 0 fully saturated rings. The zero-order valence-electron chi connectivity index (χ0n) is 15.2. The quantitative estimate of drug-likeness (QED) is 0.584. The maximum Gasteiger partial charge on any atom is 0.433 e. The van der Waals surface area contributed by atoms with Crippen LogP contribution in [0.1, 0.15) is 11.3 Å². The summed E-state index contributed by atoms with van der Waals surface area (Å²) in [5, 5.41) is 0.605. The molecular formula is C21H19F3N2O2. The van der Waals surface area contributed by atoms with Crippen molar-refractivity contribution in [2.75, 3.05) is 25.1 Å². The Morgan fingerprint density at radius 1 is 1.07 bits per heavy atom. The van der Waals surface area contributed by atoms with Crippen LogP contribution in [-0.2, 0) is 22.1 Å². The van der Waals surface area contributed by atoms with E-state index in [0.717, 1.165) is 11.6 Å². The molecule has 146 valence electrons. The van der Waals surface area contributed by atoms with Crippen LogP contribution in [0.5, 0.6) is 0 Å². The van der Waals surface area contributed by atoms with Crippen LogP contribution >= 0.6 is 0 Å². The second-order valence-electron chi connectivity index (χ2n) is 6.35. The maximum absolute atomic E-state index is 13.2. The van der Waals surface area contributed by atoms with Gasteiger partial charge in [-0.15, -0.1) is 0 Å². The van der Waals surface area contributed by atoms with Crippen molar-refractivity contribution in [2.24, 2.45) is 0 Å². The molecule has 0 saturated heterocycles. The van der Waals surface area contributed by atoms with Crippen LogP contribution in [0.2, 0.25) is 0 Å². The number of ether oxygens (including phenoxy) is 1. The molecule has 0 aliphatic heterocycles. The number of hydrogen-bond acceptors (Lipinski definition) is 4. The lowest BCUT2D eigenvalue weighted by atomic mass is 10.1. The molecule has 0 unspecified atom stereocenters. The molecule has 1 aromatic heterocycles. The number of halogens is 3. The Morgan fingerprint density at radius 2 is 1.75 bits per heavy atom. The summed E-state index contributed by atoms with van der Waals surface area (Å²) in [5.41, 5.74) is 0.544. The van der Waals surface area contributed by atoms with Crippen LogP contribution in [0.15, 0.2) is 60.7 Å². The molecule has 0 saturated carbocycles. The van der Waals surface area contributed by atoms with E-state index >= 15 is 0 Å². The van der Waals surface area contributed by atoms with Gasteiger partial charge in [0, 0.05) is 18.1 Å². The lowest BCUT2D eigenvalue weighted by Crippen LogP contribution is -2.25. The molecule has 3 aromatic rings. The summed E-state index contributed by atoms with van der Waals surface area (Å²) in [6.07, 6.45) is -4.39. The molecule has 0 bridgehead atoms. The van der Waals surface area contributed by atoms with E-state index < -0.39 is 11.9 Å². The minimum absolute atomic E-state index is 0.0696. The molecule has 28 heavy (non-hydrogen) atoms. The summed E-state index contributed by atoms with van der Waals surface area (Å²) in [5.74, 6) is -0.379. The number of carbonyl (C=O) groups excluding carboxylic acids is 1. The average Bonchev–Trinajstić information content (AvgIpc) is 2.67. The number of esters is 1. The number of alkyl halides is 3. The van der Waals surface area contributed by atoms with E-state index in [4.69, 9.17) is 4.74 Å². The van der Waals surface area contributed by atoms with Crippen LogP contribution in [0.25, 0.3) is 10.9 Å². The van der Waals surface area contributed by atoms with Gasteiger partial charge in [-0.3, -0.25) is 4.79 Å². The zero-order valence-corrected chi connectivity index (χ0v) is 15.2. The van der Waals surface area contributed by atoms with Gasteiger partial charge in [0.15, 0.2) is 0 Å². The molecule has 2 aromatic carbocycles. The van der Waals surface area contributed by atoms with Gasteiger partial charge in [0.1, 0.15) is 12.3 Å². The Hall–Kier alpha value is -3.09. The van der Waals surface area contributed by atoms with E-state index in [9.17, 15) is 18.0 Å². The molecule has 1 heterocycles. The van der Waals surface area contributed by atoms with Crippen LogP contribution in [0, 0.1) is 0 Å². The highest BCUT2D eigenvalue weighted by molar-refractivity contribution is 5.92. The molecule has 0 N–H and O–H groups in total. The highest BCUT2D eigenvalue weighted by atomic mass is 19.4. The predicted octanol–water partition coefficient (Wildman–Crippen LogP) is 4.48. The summed E-state index contributed by atoms with van der Waals surface area (Å²) < 4.78 is 44.8. The van der Waals surface area contributed by atoms with Crippen LogP contribution < -0.4 is 4.90 Å². The first kappa shape index (κ1) is 19.7. The van der Waals surface area contributed by atoms with E-state index in [0.29, 0.717) is 11.1 Å². The SMILES string of the molecule is CN(CCOC(=O)Cc1ccccc1)c1cc(C(F)(F)F)nc2ccccc12. The lowest BCUT2D eigenvalue weighted by molar-refractivity contribution is -0.142. The Labute approximate surface area is 160 Å². The predicted molar refractivity (Wildman–Crippen MR) is 101 cm³/mol. The van der Waals surface area contributed by atoms with Gasteiger partial charge in [-0.2, -0.15) is 13.2 Å². The number of fused-ring (bicyclic) bond motifs is 1. The van der Waals surface area contributed by atoms with Crippen molar-refractivity contribution in [1.82, 2.24) is 4.98 Å². The first-order chi connectivity index (χ1) is 13.3. The monoisotopic (exact) mass is 388 g/mol. The number of rotatable bonds is 6. The summed E-state index contributed by atoms with van der Waals surface area (Å²) in [7, 11) is 1.66. The van der Waals surface area contributed by atoms with E-state index in [-0.39, 0.29) is 31.1 Å². The normalized spacial score (nSPS) is 11.4. The molecule has 0 aliphatic rings. The third-order valence-corrected chi connectivity index (χ3v) is 4.28. The number of pyridine rings is 1. The number of aromatic nitrogens is 1. The smallest absolute Gasteiger partial charge is 0.433 e. The Bertz CT molecular complexity index is 959. The highest BCUT2D eigenvalue weighted by Crippen LogP contribution is 2.34. The second kappa shape index (κ2) is 8.29. The fourth-order valence-corrected chi connectivity index (χ4v) is 2.85. The van der Waals surface area contributed by atoms with Crippen molar-refractivity contribution in [3.63, 3.8) is 0 Å². The molecule has 0 radical (unpaired) electrons. The summed E-state index contributed by atoms with van der Waals surface area (Å²) in [4.78, 5) is 17.3. The van der Waals surface area contributed by atoms with E-state index in [1.54, 1.807) is 36.2 Å². The molecule has 4 nitrogen and oxygen atoms in total. The number of likely N-dealkylation sites (N-methyl/N-ethyl adjacent to an activating group) is 1. The fourth-order valence-electron chi connectivity index (χ4n) is 2.85. The second-order valence-corrected chi connectivity index (χ2v) is 6.35. The first-order valence-corrected chi connectivity index (χ1v) is 8.72. The van der Waals surface area contributed by atoms with Gasteiger partial charge in [0.05, 0.1) is 18.5 Å². The minimum atomic E-state index is -4.54. The molecular weight excluding hydrogens is 369 g/mol. The third-order valence-electron chi connectivity index (χ3n) is 4.28. The van der Waals surface area contributed by atoms with Gasteiger partial charge in [-0.25, -0.2) is 4.98 Å². The van der Waals surface area contributed by atoms with Crippen molar-refractivity contribution in [2.45, 2.75) is 12.6 Å². The number of benzene rings is 2. The van der Waals surface area contributed by atoms with Crippen LogP contribution in [0.4, 0.5) is 18.9 Å². The van der Waals surface area contributed by atoms with Gasteiger partial charge in [-0.1, -0.05) is 48.5 Å². The van der Waals surface area contributed by atoms with Crippen molar-refractivity contribution >= 4 is 22.6 Å².